The third kappa shape index (κ3) is 4.46. The van der Waals surface area contributed by atoms with E-state index < -0.39 is 5.41 Å². The van der Waals surface area contributed by atoms with Crippen molar-refractivity contribution in [1.82, 2.24) is 4.90 Å². The molecule has 0 unspecified atom stereocenters. The highest BCUT2D eigenvalue weighted by molar-refractivity contribution is 5.96. The topological polar surface area (TPSA) is 82.4 Å². The van der Waals surface area contributed by atoms with Gasteiger partial charge in [-0.25, -0.2) is 0 Å². The lowest BCUT2D eigenvalue weighted by Gasteiger charge is -2.17. The molecule has 6 nitrogen and oxygen atoms in total. The summed E-state index contributed by atoms with van der Waals surface area (Å²) in [6.45, 7) is 4.68. The van der Waals surface area contributed by atoms with Gasteiger partial charge in [-0.1, -0.05) is 6.07 Å². The van der Waals surface area contributed by atoms with Crippen molar-refractivity contribution < 1.29 is 14.3 Å². The fourth-order valence-corrected chi connectivity index (χ4v) is 2.20. The Morgan fingerprint density at radius 2 is 2.04 bits per heavy atom. The molecule has 23 heavy (non-hydrogen) atoms. The highest BCUT2D eigenvalue weighted by atomic mass is 16.5. The van der Waals surface area contributed by atoms with E-state index in [1.165, 1.54) is 0 Å². The molecular weight excluding hydrogens is 294 g/mol. The lowest BCUT2D eigenvalue weighted by Crippen LogP contribution is -2.32. The van der Waals surface area contributed by atoms with Gasteiger partial charge in [0.15, 0.2) is 6.61 Å². The number of anilines is 1. The van der Waals surface area contributed by atoms with Gasteiger partial charge in [0.2, 0.25) is 5.91 Å². The van der Waals surface area contributed by atoms with Crippen LogP contribution in [0.15, 0.2) is 24.3 Å². The van der Waals surface area contributed by atoms with Gasteiger partial charge < -0.3 is 15.0 Å². The first-order chi connectivity index (χ1) is 10.9. The molecule has 0 aliphatic carbocycles. The van der Waals surface area contributed by atoms with E-state index in [1.54, 1.807) is 43.0 Å². The predicted octanol–water partition coefficient (Wildman–Crippen LogP) is 2.18. The van der Waals surface area contributed by atoms with Crippen LogP contribution < -0.4 is 10.1 Å². The number of likely N-dealkylation sites (tertiary alicyclic amines) is 1. The van der Waals surface area contributed by atoms with E-state index >= 15 is 0 Å². The van der Waals surface area contributed by atoms with E-state index in [-0.39, 0.29) is 18.4 Å². The summed E-state index contributed by atoms with van der Waals surface area (Å²) in [4.78, 5) is 25.7. The van der Waals surface area contributed by atoms with Crippen LogP contribution in [0.2, 0.25) is 0 Å². The van der Waals surface area contributed by atoms with E-state index in [0.717, 1.165) is 25.9 Å². The van der Waals surface area contributed by atoms with Crippen molar-refractivity contribution in [2.75, 3.05) is 25.0 Å². The minimum absolute atomic E-state index is 0.0128. The lowest BCUT2D eigenvalue weighted by molar-refractivity contribution is -0.132. The van der Waals surface area contributed by atoms with Crippen molar-refractivity contribution in [2.24, 2.45) is 5.41 Å². The third-order valence-electron chi connectivity index (χ3n) is 3.76. The summed E-state index contributed by atoms with van der Waals surface area (Å²) >= 11 is 0. The number of nitrogens with zero attached hydrogens (tertiary/aromatic N) is 2. The predicted molar refractivity (Wildman–Crippen MR) is 85.8 cm³/mol. The number of nitrogens with one attached hydrogen (secondary N) is 1. The number of benzene rings is 1. The summed E-state index contributed by atoms with van der Waals surface area (Å²) in [6.07, 6.45) is 2.09. The van der Waals surface area contributed by atoms with Gasteiger partial charge in [-0.3, -0.25) is 9.59 Å². The molecule has 0 atom stereocenters. The fraction of sp³-hybridized carbons (Fsp3) is 0.471. The van der Waals surface area contributed by atoms with E-state index in [0.29, 0.717) is 11.4 Å². The number of ether oxygens (including phenoxy) is 1. The van der Waals surface area contributed by atoms with Gasteiger partial charge in [-0.2, -0.15) is 5.26 Å². The fourth-order valence-electron chi connectivity index (χ4n) is 2.20. The summed E-state index contributed by atoms with van der Waals surface area (Å²) in [7, 11) is 0. The van der Waals surface area contributed by atoms with Crippen molar-refractivity contribution >= 4 is 17.5 Å². The molecule has 1 fully saturated rings. The number of carbonyl (C=O) groups excluding carboxylic acids is 2. The Kier molecular flexibility index (Phi) is 5.22. The molecule has 6 heteroatoms. The van der Waals surface area contributed by atoms with Crippen LogP contribution in [-0.2, 0) is 9.59 Å². The number of amides is 2. The molecule has 2 amide bonds. The van der Waals surface area contributed by atoms with E-state index in [1.807, 2.05) is 6.07 Å². The third-order valence-corrected chi connectivity index (χ3v) is 3.76. The van der Waals surface area contributed by atoms with Crippen LogP contribution in [0, 0.1) is 16.7 Å². The zero-order chi connectivity index (χ0) is 16.9. The van der Waals surface area contributed by atoms with Gasteiger partial charge in [-0.05, 0) is 38.8 Å². The van der Waals surface area contributed by atoms with Gasteiger partial charge in [-0.15, -0.1) is 0 Å². The van der Waals surface area contributed by atoms with E-state index in [2.05, 4.69) is 5.32 Å². The molecule has 1 aromatic carbocycles. The van der Waals surface area contributed by atoms with Crippen LogP contribution in [0.1, 0.15) is 26.7 Å². The van der Waals surface area contributed by atoms with Crippen LogP contribution >= 0.6 is 0 Å². The number of hydrogen-bond donors (Lipinski definition) is 1. The number of nitriles is 1. The Morgan fingerprint density at radius 3 is 2.70 bits per heavy atom. The smallest absolute Gasteiger partial charge is 0.260 e. The molecule has 1 aromatic rings. The van der Waals surface area contributed by atoms with Crippen molar-refractivity contribution in [3.63, 3.8) is 0 Å². The Morgan fingerprint density at radius 1 is 1.35 bits per heavy atom. The van der Waals surface area contributed by atoms with Gasteiger partial charge in [0.25, 0.3) is 5.91 Å². The monoisotopic (exact) mass is 315 g/mol. The molecule has 1 aliphatic rings. The Labute approximate surface area is 136 Å². The highest BCUT2D eigenvalue weighted by Crippen LogP contribution is 2.21. The zero-order valence-corrected chi connectivity index (χ0v) is 13.5. The summed E-state index contributed by atoms with van der Waals surface area (Å²) < 4.78 is 5.51. The average molecular weight is 315 g/mol. The van der Waals surface area contributed by atoms with Crippen molar-refractivity contribution in [3.05, 3.63) is 24.3 Å². The first-order valence-electron chi connectivity index (χ1n) is 7.66. The maximum absolute atomic E-state index is 12.0. The van der Waals surface area contributed by atoms with Crippen molar-refractivity contribution in [2.45, 2.75) is 26.7 Å². The van der Waals surface area contributed by atoms with Crippen LogP contribution in [0.25, 0.3) is 0 Å². The second kappa shape index (κ2) is 7.14. The standard InChI is InChI=1S/C17H21N3O3/c1-17(2,12-18)16(22)19-13-6-5-7-14(10-13)23-11-15(21)20-8-3-4-9-20/h5-7,10H,3-4,8-9,11H2,1-2H3,(H,19,22). The molecule has 1 saturated heterocycles. The largest absolute Gasteiger partial charge is 0.484 e. The van der Waals surface area contributed by atoms with Gasteiger partial charge >= 0.3 is 0 Å². The SMILES string of the molecule is CC(C)(C#N)C(=O)Nc1cccc(OCC(=O)N2CCCC2)c1. The molecular formula is C17H21N3O3. The summed E-state index contributed by atoms with van der Waals surface area (Å²) in [5.41, 5.74) is -0.577. The number of carbonyl (C=O) groups is 2. The molecule has 1 aliphatic heterocycles. The van der Waals surface area contributed by atoms with E-state index in [9.17, 15) is 9.59 Å². The van der Waals surface area contributed by atoms with Gasteiger partial charge in [0.1, 0.15) is 11.2 Å². The minimum Gasteiger partial charge on any atom is -0.484 e. The molecule has 0 bridgehead atoms. The first kappa shape index (κ1) is 16.8. The molecule has 122 valence electrons. The summed E-state index contributed by atoms with van der Waals surface area (Å²) in [5, 5.41) is 11.6. The molecule has 2 rings (SSSR count). The zero-order valence-electron chi connectivity index (χ0n) is 13.5. The molecule has 1 heterocycles. The van der Waals surface area contributed by atoms with Gasteiger partial charge in [0, 0.05) is 24.8 Å². The molecule has 0 saturated carbocycles. The minimum atomic E-state index is -1.11. The lowest BCUT2D eigenvalue weighted by atomic mass is 9.94. The van der Waals surface area contributed by atoms with Crippen LogP contribution in [0.5, 0.6) is 5.75 Å². The second-order valence-electron chi connectivity index (χ2n) is 6.10. The summed E-state index contributed by atoms with van der Waals surface area (Å²) in [6, 6.07) is 8.76. The number of hydrogen-bond acceptors (Lipinski definition) is 4. The molecule has 0 spiro atoms. The molecule has 0 aromatic heterocycles. The second-order valence-corrected chi connectivity index (χ2v) is 6.10. The van der Waals surface area contributed by atoms with Crippen LogP contribution in [-0.4, -0.2) is 36.4 Å². The van der Waals surface area contributed by atoms with E-state index in [4.69, 9.17) is 10.00 Å². The van der Waals surface area contributed by atoms with Crippen LogP contribution in [0.4, 0.5) is 5.69 Å². The first-order valence-corrected chi connectivity index (χ1v) is 7.66. The van der Waals surface area contributed by atoms with Crippen molar-refractivity contribution in [1.29, 1.82) is 5.26 Å². The maximum atomic E-state index is 12.0. The quantitative estimate of drug-likeness (QED) is 0.903. The highest BCUT2D eigenvalue weighted by Gasteiger charge is 2.27. The average Bonchev–Trinajstić information content (AvgIpc) is 3.07. The molecule has 0 radical (unpaired) electrons. The van der Waals surface area contributed by atoms with Crippen LogP contribution in [0.3, 0.4) is 0 Å². The molecule has 1 N–H and O–H groups in total. The Hall–Kier alpha value is -2.55. The number of rotatable bonds is 5. The Bertz CT molecular complexity index is 628. The Balaban J connectivity index is 1.93. The summed E-state index contributed by atoms with van der Waals surface area (Å²) in [5.74, 6) is 0.0953. The normalized spacial score (nSPS) is 14.2. The maximum Gasteiger partial charge on any atom is 0.260 e. The van der Waals surface area contributed by atoms with Gasteiger partial charge in [0.05, 0.1) is 6.07 Å². The van der Waals surface area contributed by atoms with Crippen molar-refractivity contribution in [3.8, 4) is 11.8 Å².